The second-order valence-electron chi connectivity index (χ2n) is 9.88. The van der Waals surface area contributed by atoms with Crippen LogP contribution in [0, 0.1) is 0 Å². The third-order valence-corrected chi connectivity index (χ3v) is 10.3. The summed E-state index contributed by atoms with van der Waals surface area (Å²) >= 11 is 0.911. The number of hydrogen-bond acceptors (Lipinski definition) is 11. The number of hydrogen-bond donors (Lipinski definition) is 2. The summed E-state index contributed by atoms with van der Waals surface area (Å²) in [6, 6.07) is 11.9. The van der Waals surface area contributed by atoms with Gasteiger partial charge < -0.3 is 9.32 Å². The molecule has 0 radical (unpaired) electrons. The molecule has 1 fully saturated rings. The second-order valence-corrected chi connectivity index (χ2v) is 14.0. The maximum absolute atomic E-state index is 13.2. The molecule has 1 amide bonds. The van der Waals surface area contributed by atoms with E-state index in [1.807, 2.05) is 4.72 Å². The van der Waals surface area contributed by atoms with Crippen LogP contribution >= 0.6 is 11.3 Å². The number of carbonyl (C=O) groups is 2. The normalized spacial score (nSPS) is 15.3. The van der Waals surface area contributed by atoms with Crippen molar-refractivity contribution < 1.29 is 44.0 Å². The van der Waals surface area contributed by atoms with Gasteiger partial charge in [-0.1, -0.05) is 18.2 Å². The molecule has 5 rings (SSSR count). The first-order chi connectivity index (χ1) is 20.8. The van der Waals surface area contributed by atoms with E-state index in [2.05, 4.69) is 15.2 Å². The molecule has 0 saturated carbocycles. The lowest BCUT2D eigenvalue weighted by Crippen LogP contribution is -2.38. The van der Waals surface area contributed by atoms with Gasteiger partial charge >= 0.3 is 6.18 Å². The van der Waals surface area contributed by atoms with Gasteiger partial charge in [0.05, 0.1) is 28.9 Å². The molecule has 0 aliphatic carbocycles. The number of sulfone groups is 1. The minimum absolute atomic E-state index is 0.110. The average Bonchev–Trinajstić information content (AvgIpc) is 3.61. The van der Waals surface area contributed by atoms with E-state index in [4.69, 9.17) is 4.42 Å². The van der Waals surface area contributed by atoms with Crippen molar-refractivity contribution in [1.29, 1.82) is 0 Å². The first-order valence-electron chi connectivity index (χ1n) is 13.1. The van der Waals surface area contributed by atoms with Crippen molar-refractivity contribution >= 4 is 54.0 Å². The molecule has 0 bridgehead atoms. The van der Waals surface area contributed by atoms with Gasteiger partial charge in [0.25, 0.3) is 5.91 Å². The highest BCUT2D eigenvalue weighted by atomic mass is 32.2. The Labute approximate surface area is 254 Å². The fourth-order valence-corrected chi connectivity index (χ4v) is 7.92. The van der Waals surface area contributed by atoms with Crippen molar-refractivity contribution in [3.63, 3.8) is 0 Å². The SMILES string of the molecule is O=C1CCN(C(=O)c2cccc(-c3ccc4nc(C(c5nnc(CN[SH](=O)=O)o5)S(=O)(=O)CCC(F)(F)F)sc4c3)c2)CC1. The van der Waals surface area contributed by atoms with Crippen LogP contribution in [0.3, 0.4) is 0 Å². The fraction of sp³-hybridized carbons (Fsp3) is 0.346. The molecule has 0 spiro atoms. The number of ketones is 1. The lowest BCUT2D eigenvalue weighted by molar-refractivity contribution is -0.130. The number of Topliss-reactive ketones (excluding diaryl/α,β-unsaturated/α-hetero) is 1. The predicted octanol–water partition coefficient (Wildman–Crippen LogP) is 3.22. The summed E-state index contributed by atoms with van der Waals surface area (Å²) in [6.45, 7) is 0.254. The molecule has 1 saturated heterocycles. The van der Waals surface area contributed by atoms with Crippen LogP contribution in [0.25, 0.3) is 21.3 Å². The van der Waals surface area contributed by atoms with Gasteiger partial charge in [0, 0.05) is 31.5 Å². The number of thiazole rings is 1. The van der Waals surface area contributed by atoms with Crippen molar-refractivity contribution in [2.24, 2.45) is 0 Å². The number of aromatic nitrogens is 3. The lowest BCUT2D eigenvalue weighted by Gasteiger charge is -2.26. The smallest absolute Gasteiger partial charge is 0.390 e. The molecule has 1 unspecified atom stereocenters. The average molecular weight is 672 g/mol. The van der Waals surface area contributed by atoms with E-state index >= 15 is 0 Å². The van der Waals surface area contributed by atoms with Crippen molar-refractivity contribution in [3.8, 4) is 11.1 Å². The number of halogens is 3. The maximum atomic E-state index is 13.2. The van der Waals surface area contributed by atoms with Crippen molar-refractivity contribution in [2.75, 3.05) is 18.8 Å². The Bertz CT molecular complexity index is 1890. The number of likely N-dealkylation sites (tertiary alicyclic amines) is 1. The molecular weight excluding hydrogens is 648 g/mol. The largest absolute Gasteiger partial charge is 0.422 e. The molecule has 1 atom stereocenters. The highest BCUT2D eigenvalue weighted by Crippen LogP contribution is 2.38. The number of thiol groups is 1. The minimum atomic E-state index is -4.75. The molecule has 44 heavy (non-hydrogen) atoms. The Morgan fingerprint density at radius 3 is 2.52 bits per heavy atom. The van der Waals surface area contributed by atoms with Crippen LogP contribution in [0.4, 0.5) is 13.2 Å². The van der Waals surface area contributed by atoms with Crippen LogP contribution < -0.4 is 4.72 Å². The molecule has 2 aromatic heterocycles. The fourth-order valence-electron chi connectivity index (χ4n) is 4.57. The maximum Gasteiger partial charge on any atom is 0.390 e. The molecule has 3 heterocycles. The molecule has 4 aromatic rings. The van der Waals surface area contributed by atoms with Crippen molar-refractivity contribution in [2.45, 2.75) is 37.2 Å². The zero-order chi connectivity index (χ0) is 31.6. The molecule has 1 N–H and O–H groups in total. The summed E-state index contributed by atoms with van der Waals surface area (Å²) in [5.74, 6) is -2.19. The van der Waals surface area contributed by atoms with Gasteiger partial charge in [0.1, 0.15) is 10.8 Å². The van der Waals surface area contributed by atoms with Gasteiger partial charge in [-0.15, -0.1) is 21.5 Å². The van der Waals surface area contributed by atoms with Crippen LogP contribution in [0.1, 0.15) is 51.7 Å². The van der Waals surface area contributed by atoms with Gasteiger partial charge in [-0.3, -0.25) is 9.59 Å². The predicted molar refractivity (Wildman–Crippen MR) is 153 cm³/mol. The number of piperidine rings is 1. The Morgan fingerprint density at radius 2 is 1.82 bits per heavy atom. The molecule has 234 valence electrons. The quantitative estimate of drug-likeness (QED) is 0.239. The Morgan fingerprint density at radius 1 is 1.09 bits per heavy atom. The van der Waals surface area contributed by atoms with E-state index in [0.717, 1.165) is 11.3 Å². The summed E-state index contributed by atoms with van der Waals surface area (Å²) < 4.78 is 94.9. The monoisotopic (exact) mass is 671 g/mol. The molecule has 1 aliphatic heterocycles. The Balaban J connectivity index is 1.47. The zero-order valence-electron chi connectivity index (χ0n) is 22.6. The Kier molecular flexibility index (Phi) is 9.15. The Hall–Kier alpha value is -3.74. The number of fused-ring (bicyclic) bond motifs is 1. The summed E-state index contributed by atoms with van der Waals surface area (Å²) in [7, 11) is -7.62. The highest BCUT2D eigenvalue weighted by Gasteiger charge is 2.40. The van der Waals surface area contributed by atoms with Crippen LogP contribution in [0.15, 0.2) is 46.9 Å². The third-order valence-electron chi connectivity index (χ3n) is 6.78. The first-order valence-corrected chi connectivity index (χ1v) is 16.8. The number of amides is 1. The van der Waals surface area contributed by atoms with E-state index in [9.17, 15) is 39.6 Å². The van der Waals surface area contributed by atoms with E-state index in [0.29, 0.717) is 52.8 Å². The lowest BCUT2D eigenvalue weighted by atomic mass is 10.0. The van der Waals surface area contributed by atoms with E-state index < -0.39 is 56.8 Å². The van der Waals surface area contributed by atoms with Gasteiger partial charge in [-0.2, -0.15) is 13.2 Å². The second kappa shape index (κ2) is 12.7. The first kappa shape index (κ1) is 31.7. The molecular formula is C26H24F3N5O7S3. The van der Waals surface area contributed by atoms with Crippen LogP contribution in [0.5, 0.6) is 0 Å². The number of rotatable bonds is 10. The van der Waals surface area contributed by atoms with Crippen molar-refractivity contribution in [1.82, 2.24) is 24.8 Å². The minimum Gasteiger partial charge on any atom is -0.422 e. The molecule has 2 aromatic carbocycles. The van der Waals surface area contributed by atoms with Crippen LogP contribution in [0.2, 0.25) is 0 Å². The molecule has 1 aliphatic rings. The topological polar surface area (TPSA) is 170 Å². The number of benzene rings is 2. The summed E-state index contributed by atoms with van der Waals surface area (Å²) in [4.78, 5) is 30.6. The zero-order valence-corrected chi connectivity index (χ0v) is 25.1. The third kappa shape index (κ3) is 7.48. The number of alkyl halides is 3. The number of nitrogens with one attached hydrogen (secondary N) is 1. The number of nitrogens with zero attached hydrogens (tertiary/aromatic N) is 4. The summed E-state index contributed by atoms with van der Waals surface area (Å²) in [5, 5.41) is 5.37. The van der Waals surface area contributed by atoms with E-state index in [1.165, 1.54) is 0 Å². The standard InChI is InChI=1S/C26H24F3N5O7S3/c27-26(28,29)8-11-44(39,40)22(23-33-32-21(41-23)14-30-43(37)38)24-31-19-5-4-16(13-20(19)42-24)15-2-1-3-17(12-15)25(36)34-9-6-18(35)7-10-34/h1-5,12-13,22,43H,6-11,14H2,(H,30,37,38). The molecule has 12 nitrogen and oxygen atoms in total. The van der Waals surface area contributed by atoms with Gasteiger partial charge in [-0.05, 0) is 35.4 Å². The van der Waals surface area contributed by atoms with E-state index in [1.54, 1.807) is 47.4 Å². The summed E-state index contributed by atoms with van der Waals surface area (Å²) in [5.41, 5.74) is 2.15. The number of carbonyl (C=O) groups excluding carboxylic acids is 2. The molecule has 18 heteroatoms. The van der Waals surface area contributed by atoms with Gasteiger partial charge in [0.15, 0.2) is 15.1 Å². The van der Waals surface area contributed by atoms with Crippen molar-refractivity contribution in [3.05, 3.63) is 64.8 Å². The van der Waals surface area contributed by atoms with Crippen LogP contribution in [-0.2, 0) is 32.1 Å². The van der Waals surface area contributed by atoms with Gasteiger partial charge in [-0.25, -0.2) is 26.5 Å². The highest BCUT2D eigenvalue weighted by molar-refractivity contribution is 7.92. The van der Waals surface area contributed by atoms with Gasteiger partial charge in [0.2, 0.25) is 22.7 Å². The van der Waals surface area contributed by atoms with E-state index in [-0.39, 0.29) is 22.6 Å². The summed E-state index contributed by atoms with van der Waals surface area (Å²) in [6.07, 6.45) is -5.73. The van der Waals surface area contributed by atoms with Crippen LogP contribution in [-0.4, -0.2) is 73.6 Å².